The molecular weight excluding hydrogens is 476 g/mol. The molecule has 0 saturated heterocycles. The number of carbonyl (C=O) groups excluding carboxylic acids is 2. The molecule has 0 aromatic heterocycles. The molecule has 11 unspecified atom stereocenters. The van der Waals surface area contributed by atoms with Gasteiger partial charge >= 0.3 is 11.9 Å². The van der Waals surface area contributed by atoms with E-state index >= 15 is 0 Å². The van der Waals surface area contributed by atoms with Crippen LogP contribution in [0.1, 0.15) is 126 Å². The highest BCUT2D eigenvalue weighted by Gasteiger charge is 2.68. The molecule has 38 heavy (non-hydrogen) atoms. The Morgan fingerprint density at radius 3 is 2.21 bits per heavy atom. The van der Waals surface area contributed by atoms with Crippen LogP contribution in [-0.2, 0) is 19.1 Å². The molecule has 1 N–H and O–H groups in total. The summed E-state index contributed by atoms with van der Waals surface area (Å²) in [6.07, 6.45) is 10.7. The fourth-order valence-corrected chi connectivity index (χ4v) is 10.6. The van der Waals surface area contributed by atoms with Gasteiger partial charge in [0.1, 0.15) is 17.8 Å². The van der Waals surface area contributed by atoms with Gasteiger partial charge in [-0.15, -0.1) is 0 Å². The van der Waals surface area contributed by atoms with Gasteiger partial charge in [0, 0.05) is 25.7 Å². The highest BCUT2D eigenvalue weighted by molar-refractivity contribution is 5.66. The van der Waals surface area contributed by atoms with E-state index in [1.54, 1.807) is 0 Å². The van der Waals surface area contributed by atoms with Crippen LogP contribution in [0, 0.1) is 52.3 Å². The molecule has 0 aromatic carbocycles. The van der Waals surface area contributed by atoms with Crippen molar-refractivity contribution in [1.29, 1.82) is 0 Å². The summed E-state index contributed by atoms with van der Waals surface area (Å²) in [5.74, 6) is 3.91. The van der Waals surface area contributed by atoms with Crippen molar-refractivity contribution in [2.45, 2.75) is 144 Å². The monoisotopic (exact) mass is 532 g/mol. The van der Waals surface area contributed by atoms with Crippen LogP contribution >= 0.6 is 0 Å². The summed E-state index contributed by atoms with van der Waals surface area (Å²) in [5.41, 5.74) is -1.19. The third-order valence-corrected chi connectivity index (χ3v) is 12.6. The summed E-state index contributed by atoms with van der Waals surface area (Å²) in [4.78, 5) is 24.0. The first-order valence-corrected chi connectivity index (χ1v) is 15.8. The zero-order chi connectivity index (χ0) is 28.0. The van der Waals surface area contributed by atoms with Crippen LogP contribution in [0.5, 0.6) is 0 Å². The van der Waals surface area contributed by atoms with Crippen molar-refractivity contribution in [2.24, 2.45) is 52.3 Å². The van der Waals surface area contributed by atoms with Crippen molar-refractivity contribution in [3.05, 3.63) is 0 Å². The van der Waals surface area contributed by atoms with Crippen LogP contribution in [0.4, 0.5) is 0 Å². The first-order chi connectivity index (χ1) is 17.8. The van der Waals surface area contributed by atoms with Crippen molar-refractivity contribution < 1.29 is 24.2 Å². The van der Waals surface area contributed by atoms with Gasteiger partial charge < -0.3 is 14.6 Å². The lowest BCUT2D eigenvalue weighted by atomic mass is 9.42. The summed E-state index contributed by atoms with van der Waals surface area (Å²) >= 11 is 0. The third-order valence-electron chi connectivity index (χ3n) is 12.6. The molecule has 4 saturated carbocycles. The van der Waals surface area contributed by atoms with Gasteiger partial charge in [-0.1, -0.05) is 54.4 Å². The van der Waals surface area contributed by atoms with Crippen LogP contribution < -0.4 is 0 Å². The Balaban J connectivity index is 1.57. The van der Waals surface area contributed by atoms with Crippen LogP contribution in [0.15, 0.2) is 0 Å². The van der Waals surface area contributed by atoms with Crippen LogP contribution in [0.25, 0.3) is 0 Å². The highest BCUT2D eigenvalue weighted by atomic mass is 16.6. The molecule has 0 amide bonds. The fraction of sp³-hybridized carbons (Fsp3) is 0.939. The summed E-state index contributed by atoms with van der Waals surface area (Å²) < 4.78 is 11.5. The molecule has 11 atom stereocenters. The number of hydrogen-bond acceptors (Lipinski definition) is 5. The van der Waals surface area contributed by atoms with E-state index in [0.29, 0.717) is 29.6 Å². The first-order valence-electron chi connectivity index (χ1n) is 15.8. The highest BCUT2D eigenvalue weighted by Crippen LogP contribution is 2.69. The van der Waals surface area contributed by atoms with Crippen LogP contribution in [0.2, 0.25) is 0 Å². The van der Waals surface area contributed by atoms with Crippen LogP contribution in [0.3, 0.4) is 0 Å². The van der Waals surface area contributed by atoms with Crippen molar-refractivity contribution in [3.8, 4) is 0 Å². The average molecular weight is 533 g/mol. The van der Waals surface area contributed by atoms with Crippen molar-refractivity contribution in [1.82, 2.24) is 0 Å². The fourth-order valence-electron chi connectivity index (χ4n) is 10.6. The normalized spacial score (nSPS) is 43.9. The number of ether oxygens (including phenoxy) is 2. The molecule has 4 aliphatic carbocycles. The predicted molar refractivity (Wildman–Crippen MR) is 150 cm³/mol. The van der Waals surface area contributed by atoms with E-state index in [2.05, 4.69) is 41.5 Å². The van der Waals surface area contributed by atoms with E-state index in [1.807, 2.05) is 0 Å². The molecule has 4 fully saturated rings. The Bertz CT molecular complexity index is 869. The molecule has 0 aliphatic heterocycles. The van der Waals surface area contributed by atoms with E-state index in [4.69, 9.17) is 9.47 Å². The lowest BCUT2D eigenvalue weighted by Crippen LogP contribution is -2.69. The van der Waals surface area contributed by atoms with Gasteiger partial charge in [-0.25, -0.2) is 0 Å². The Morgan fingerprint density at radius 2 is 1.61 bits per heavy atom. The molecule has 0 spiro atoms. The zero-order valence-electron chi connectivity index (χ0n) is 25.6. The lowest BCUT2D eigenvalue weighted by molar-refractivity contribution is -0.271. The lowest BCUT2D eigenvalue weighted by Gasteiger charge is -2.65. The van der Waals surface area contributed by atoms with E-state index in [9.17, 15) is 14.7 Å². The van der Waals surface area contributed by atoms with Gasteiger partial charge in [0.15, 0.2) is 0 Å². The number of aliphatic hydroxyl groups is 1. The topological polar surface area (TPSA) is 72.8 Å². The Hall–Kier alpha value is -1.10. The number of esters is 2. The van der Waals surface area contributed by atoms with Crippen LogP contribution in [-0.4, -0.2) is 34.9 Å². The minimum atomic E-state index is -1.16. The Labute approximate surface area is 232 Å². The van der Waals surface area contributed by atoms with Gasteiger partial charge in [0.2, 0.25) is 0 Å². The molecule has 0 radical (unpaired) electrons. The molecule has 5 heteroatoms. The summed E-state index contributed by atoms with van der Waals surface area (Å²) in [7, 11) is 0. The predicted octanol–water partition coefficient (Wildman–Crippen LogP) is 7.33. The van der Waals surface area contributed by atoms with Gasteiger partial charge in [-0.3, -0.25) is 9.59 Å². The van der Waals surface area contributed by atoms with Gasteiger partial charge in [-0.05, 0) is 98.2 Å². The third kappa shape index (κ3) is 5.07. The number of hydrogen-bond donors (Lipinski definition) is 1. The van der Waals surface area contributed by atoms with E-state index in [0.717, 1.165) is 49.4 Å². The molecule has 0 aromatic rings. The van der Waals surface area contributed by atoms with Crippen molar-refractivity contribution in [2.75, 3.05) is 0 Å². The second kappa shape index (κ2) is 11.1. The number of carbonyl (C=O) groups is 2. The maximum absolute atomic E-state index is 12.3. The van der Waals surface area contributed by atoms with E-state index in [-0.39, 0.29) is 23.5 Å². The minimum absolute atomic E-state index is 0.307. The largest absolute Gasteiger partial charge is 0.462 e. The molecule has 4 rings (SSSR count). The maximum Gasteiger partial charge on any atom is 0.303 e. The molecule has 5 nitrogen and oxygen atoms in total. The molecular formula is C33H56O5. The molecule has 0 bridgehead atoms. The van der Waals surface area contributed by atoms with Crippen molar-refractivity contribution >= 4 is 11.9 Å². The average Bonchev–Trinajstić information content (AvgIpc) is 3.17. The van der Waals surface area contributed by atoms with Gasteiger partial charge in [-0.2, -0.15) is 0 Å². The van der Waals surface area contributed by atoms with E-state index in [1.165, 1.54) is 52.4 Å². The summed E-state index contributed by atoms with van der Waals surface area (Å²) in [6, 6.07) is 0. The summed E-state index contributed by atoms with van der Waals surface area (Å²) in [5, 5.41) is 12.3. The summed E-state index contributed by atoms with van der Waals surface area (Å²) in [6.45, 7) is 17.3. The number of rotatable bonds is 8. The standard InChI is InChI=1S/C33H56O5/c1-9-24(20(2)3)11-10-21(4)27-12-13-28-26-18-30(38-23(6)35)33(36)19-25(37-22(5)34)14-17-32(33,8)29(26)15-16-31(27,28)7/h20-21,24-30,36H,9-19H2,1-8H3. The quantitative estimate of drug-likeness (QED) is 0.331. The second-order valence-corrected chi connectivity index (χ2v) is 14.7. The second-order valence-electron chi connectivity index (χ2n) is 14.7. The molecule has 4 aliphatic rings. The first kappa shape index (κ1) is 29.9. The SMILES string of the molecule is CCC(CCC(C)C1CCC2C3CC(OC(C)=O)C4(O)CC(OC(C)=O)CCC4(C)C3CCC12C)C(C)C. The smallest absolute Gasteiger partial charge is 0.303 e. The minimum Gasteiger partial charge on any atom is -0.462 e. The molecule has 0 heterocycles. The maximum atomic E-state index is 12.3. The number of fused-ring (bicyclic) bond motifs is 5. The van der Waals surface area contributed by atoms with Gasteiger partial charge in [0.25, 0.3) is 0 Å². The zero-order valence-corrected chi connectivity index (χ0v) is 25.6. The van der Waals surface area contributed by atoms with Crippen molar-refractivity contribution in [3.63, 3.8) is 0 Å². The Morgan fingerprint density at radius 1 is 0.921 bits per heavy atom. The van der Waals surface area contributed by atoms with E-state index < -0.39 is 11.7 Å². The Kier molecular flexibility index (Phi) is 8.69. The van der Waals surface area contributed by atoms with Gasteiger partial charge in [0.05, 0.1) is 0 Å². The molecule has 218 valence electrons.